The Morgan fingerprint density at radius 1 is 1.07 bits per heavy atom. The molecule has 0 bridgehead atoms. The Balaban J connectivity index is 1.52. The molecular formula is C23H19BrN2O2S. The van der Waals surface area contributed by atoms with Gasteiger partial charge in [-0.15, -0.1) is 11.8 Å². The van der Waals surface area contributed by atoms with Crippen LogP contribution in [0.1, 0.15) is 26.9 Å². The van der Waals surface area contributed by atoms with Crippen LogP contribution in [-0.4, -0.2) is 17.6 Å². The Kier molecular flexibility index (Phi) is 5.74. The van der Waals surface area contributed by atoms with E-state index in [2.05, 4.69) is 21.2 Å². The fourth-order valence-corrected chi connectivity index (χ4v) is 4.87. The lowest BCUT2D eigenvalue weighted by molar-refractivity contribution is -0.115. The number of aryl methyl sites for hydroxylation is 1. The Hall–Kier alpha value is -2.57. The van der Waals surface area contributed by atoms with Gasteiger partial charge in [-0.2, -0.15) is 0 Å². The van der Waals surface area contributed by atoms with E-state index in [0.29, 0.717) is 11.3 Å². The predicted octanol–water partition coefficient (Wildman–Crippen LogP) is 5.79. The van der Waals surface area contributed by atoms with Crippen molar-refractivity contribution in [2.24, 2.45) is 0 Å². The van der Waals surface area contributed by atoms with Crippen LogP contribution in [0.3, 0.4) is 0 Å². The zero-order valence-corrected chi connectivity index (χ0v) is 18.2. The van der Waals surface area contributed by atoms with E-state index in [1.807, 2.05) is 72.5 Å². The molecule has 1 saturated heterocycles. The molecule has 0 aliphatic carbocycles. The van der Waals surface area contributed by atoms with Gasteiger partial charge in [-0.25, -0.2) is 0 Å². The molecule has 1 atom stereocenters. The second-order valence-corrected chi connectivity index (χ2v) is 8.84. The number of hydrogen-bond donors (Lipinski definition) is 1. The van der Waals surface area contributed by atoms with Crippen molar-refractivity contribution in [3.8, 4) is 0 Å². The van der Waals surface area contributed by atoms with Crippen molar-refractivity contribution < 1.29 is 9.59 Å². The topological polar surface area (TPSA) is 49.4 Å². The molecule has 2 amide bonds. The lowest BCUT2D eigenvalue weighted by atomic mass is 10.1. The Labute approximate surface area is 182 Å². The molecule has 0 radical (unpaired) electrons. The van der Waals surface area contributed by atoms with Gasteiger partial charge in [0.05, 0.1) is 5.75 Å². The standard InChI is InChI=1S/C23H19BrN2O2S/c1-15-4-2-7-20(12-15)26-21(27)14-29-23(26)16-8-10-19(11-9-16)25-22(28)17-5-3-6-18(24)13-17/h2-13,23H,14H2,1H3,(H,25,28)/t23-/m1/s1. The number of rotatable bonds is 4. The number of nitrogens with zero attached hydrogens (tertiary/aromatic N) is 1. The molecule has 0 aromatic heterocycles. The molecule has 146 valence electrons. The van der Waals surface area contributed by atoms with Gasteiger partial charge >= 0.3 is 0 Å². The summed E-state index contributed by atoms with van der Waals surface area (Å²) in [4.78, 5) is 26.8. The molecule has 4 rings (SSSR count). The average molecular weight is 467 g/mol. The zero-order valence-electron chi connectivity index (χ0n) is 15.8. The highest BCUT2D eigenvalue weighted by Crippen LogP contribution is 2.42. The van der Waals surface area contributed by atoms with Crippen LogP contribution in [0.25, 0.3) is 0 Å². The van der Waals surface area contributed by atoms with E-state index >= 15 is 0 Å². The van der Waals surface area contributed by atoms with Crippen LogP contribution in [0.4, 0.5) is 11.4 Å². The molecule has 1 heterocycles. The number of carbonyl (C=O) groups is 2. The van der Waals surface area contributed by atoms with Crippen LogP contribution in [0.2, 0.25) is 0 Å². The number of benzene rings is 3. The normalized spacial score (nSPS) is 16.1. The minimum absolute atomic E-state index is 0.0702. The van der Waals surface area contributed by atoms with Gasteiger partial charge < -0.3 is 5.32 Å². The van der Waals surface area contributed by atoms with E-state index in [-0.39, 0.29) is 17.2 Å². The van der Waals surface area contributed by atoms with Gasteiger partial charge in [0, 0.05) is 21.4 Å². The van der Waals surface area contributed by atoms with E-state index < -0.39 is 0 Å². The summed E-state index contributed by atoms with van der Waals surface area (Å²) in [6.07, 6.45) is 0. The molecular weight excluding hydrogens is 448 g/mol. The second kappa shape index (κ2) is 8.43. The molecule has 6 heteroatoms. The van der Waals surface area contributed by atoms with Crippen LogP contribution in [0.15, 0.2) is 77.3 Å². The number of anilines is 2. The summed E-state index contributed by atoms with van der Waals surface area (Å²) in [7, 11) is 0. The summed E-state index contributed by atoms with van der Waals surface area (Å²) in [5.41, 5.74) is 4.37. The van der Waals surface area contributed by atoms with Crippen molar-refractivity contribution in [2.45, 2.75) is 12.3 Å². The van der Waals surface area contributed by atoms with E-state index in [0.717, 1.165) is 27.0 Å². The Morgan fingerprint density at radius 2 is 1.83 bits per heavy atom. The first-order chi connectivity index (χ1) is 14.0. The molecule has 1 fully saturated rings. The van der Waals surface area contributed by atoms with Crippen molar-refractivity contribution in [1.29, 1.82) is 0 Å². The summed E-state index contributed by atoms with van der Waals surface area (Å²) in [6, 6.07) is 23.0. The zero-order chi connectivity index (χ0) is 20.4. The maximum atomic E-state index is 12.5. The molecule has 0 saturated carbocycles. The summed E-state index contributed by atoms with van der Waals surface area (Å²) < 4.78 is 0.861. The molecule has 29 heavy (non-hydrogen) atoms. The molecule has 1 N–H and O–H groups in total. The van der Waals surface area contributed by atoms with E-state index in [1.54, 1.807) is 23.9 Å². The average Bonchev–Trinajstić information content (AvgIpc) is 3.10. The van der Waals surface area contributed by atoms with E-state index in [1.165, 1.54) is 0 Å². The van der Waals surface area contributed by atoms with Gasteiger partial charge in [-0.3, -0.25) is 14.5 Å². The molecule has 3 aromatic rings. The van der Waals surface area contributed by atoms with E-state index in [9.17, 15) is 9.59 Å². The summed E-state index contributed by atoms with van der Waals surface area (Å²) in [5, 5.41) is 2.85. The molecule has 3 aromatic carbocycles. The fourth-order valence-electron chi connectivity index (χ4n) is 3.29. The molecule has 0 unspecified atom stereocenters. The highest BCUT2D eigenvalue weighted by molar-refractivity contribution is 9.10. The van der Waals surface area contributed by atoms with Gasteiger partial charge in [0.2, 0.25) is 5.91 Å². The van der Waals surface area contributed by atoms with E-state index in [4.69, 9.17) is 0 Å². The van der Waals surface area contributed by atoms with Gasteiger partial charge in [0.25, 0.3) is 5.91 Å². The molecule has 4 nitrogen and oxygen atoms in total. The van der Waals surface area contributed by atoms with Gasteiger partial charge in [-0.05, 0) is 60.5 Å². The third-order valence-electron chi connectivity index (χ3n) is 4.69. The summed E-state index contributed by atoms with van der Waals surface area (Å²) in [6.45, 7) is 2.02. The number of hydrogen-bond acceptors (Lipinski definition) is 3. The number of halogens is 1. The first-order valence-corrected chi connectivity index (χ1v) is 11.0. The highest BCUT2D eigenvalue weighted by atomic mass is 79.9. The van der Waals surface area contributed by atoms with Crippen molar-refractivity contribution in [1.82, 2.24) is 0 Å². The number of thioether (sulfide) groups is 1. The smallest absolute Gasteiger partial charge is 0.255 e. The van der Waals surface area contributed by atoms with Crippen molar-refractivity contribution >= 4 is 50.9 Å². The fraction of sp³-hybridized carbons (Fsp3) is 0.130. The molecule has 1 aliphatic heterocycles. The molecule has 1 aliphatic rings. The Bertz CT molecular complexity index is 1070. The van der Waals surface area contributed by atoms with Crippen LogP contribution in [-0.2, 0) is 4.79 Å². The quantitative estimate of drug-likeness (QED) is 0.529. The minimum atomic E-state index is -0.161. The SMILES string of the molecule is Cc1cccc(N2C(=O)CS[C@@H]2c2ccc(NC(=O)c3cccc(Br)c3)cc2)c1. The lowest BCUT2D eigenvalue weighted by Crippen LogP contribution is -2.27. The van der Waals surface area contributed by atoms with Crippen molar-refractivity contribution in [2.75, 3.05) is 16.0 Å². The molecule has 0 spiro atoms. The third-order valence-corrected chi connectivity index (χ3v) is 6.39. The van der Waals surface area contributed by atoms with Crippen LogP contribution >= 0.6 is 27.7 Å². The summed E-state index contributed by atoms with van der Waals surface area (Å²) in [5.74, 6) is 0.406. The number of amides is 2. The first kappa shape index (κ1) is 19.7. The van der Waals surface area contributed by atoms with Crippen LogP contribution in [0, 0.1) is 6.92 Å². The maximum Gasteiger partial charge on any atom is 0.255 e. The van der Waals surface area contributed by atoms with Gasteiger partial charge in [0.15, 0.2) is 0 Å². The Morgan fingerprint density at radius 3 is 2.55 bits per heavy atom. The number of carbonyl (C=O) groups excluding carboxylic acids is 2. The second-order valence-electron chi connectivity index (χ2n) is 6.85. The van der Waals surface area contributed by atoms with Crippen molar-refractivity contribution in [3.05, 3.63) is 94.0 Å². The van der Waals surface area contributed by atoms with Gasteiger partial charge in [0.1, 0.15) is 5.37 Å². The lowest BCUT2D eigenvalue weighted by Gasteiger charge is -2.25. The highest BCUT2D eigenvalue weighted by Gasteiger charge is 2.34. The van der Waals surface area contributed by atoms with Crippen LogP contribution in [0.5, 0.6) is 0 Å². The first-order valence-electron chi connectivity index (χ1n) is 9.18. The third kappa shape index (κ3) is 4.38. The van der Waals surface area contributed by atoms with Crippen LogP contribution < -0.4 is 10.2 Å². The maximum absolute atomic E-state index is 12.5. The monoisotopic (exact) mass is 466 g/mol. The van der Waals surface area contributed by atoms with Crippen molar-refractivity contribution in [3.63, 3.8) is 0 Å². The largest absolute Gasteiger partial charge is 0.322 e. The summed E-state index contributed by atoms with van der Waals surface area (Å²) >= 11 is 5.00. The van der Waals surface area contributed by atoms with Gasteiger partial charge in [-0.1, -0.05) is 46.3 Å². The predicted molar refractivity (Wildman–Crippen MR) is 122 cm³/mol. The number of nitrogens with one attached hydrogen (secondary N) is 1. The minimum Gasteiger partial charge on any atom is -0.322 e.